The molecule has 0 atom stereocenters. The van der Waals surface area contributed by atoms with Gasteiger partial charge in [0.05, 0.1) is 16.8 Å². The highest BCUT2D eigenvalue weighted by Gasteiger charge is 2.14. The van der Waals surface area contributed by atoms with Gasteiger partial charge in [0.15, 0.2) is 0 Å². The van der Waals surface area contributed by atoms with Crippen LogP contribution in [0.3, 0.4) is 0 Å². The van der Waals surface area contributed by atoms with Crippen LogP contribution in [0.1, 0.15) is 21.5 Å². The van der Waals surface area contributed by atoms with Gasteiger partial charge in [0.25, 0.3) is 5.91 Å². The maximum absolute atomic E-state index is 12.8. The van der Waals surface area contributed by atoms with Crippen molar-refractivity contribution in [3.05, 3.63) is 65.2 Å². The Hall–Kier alpha value is -2.72. The first-order valence-electron chi connectivity index (χ1n) is 8.86. The molecule has 0 radical (unpaired) electrons. The van der Waals surface area contributed by atoms with Gasteiger partial charge in [-0.3, -0.25) is 4.79 Å². The van der Waals surface area contributed by atoms with Crippen LogP contribution in [0.15, 0.2) is 48.5 Å². The van der Waals surface area contributed by atoms with E-state index < -0.39 is 0 Å². The molecule has 0 spiro atoms. The number of aromatic nitrogens is 1. The summed E-state index contributed by atoms with van der Waals surface area (Å²) in [4.78, 5) is 19.6. The Bertz CT molecular complexity index is 947. The summed E-state index contributed by atoms with van der Waals surface area (Å²) in [5.41, 5.74) is 5.82. The lowest BCUT2D eigenvalue weighted by atomic mass is 10.0. The number of carbonyl (C=O) groups excluding carboxylic acids is 1. The molecule has 1 heterocycles. The number of pyridine rings is 1. The third-order valence-corrected chi connectivity index (χ3v) is 4.61. The Labute approximate surface area is 154 Å². The number of nitrogens with zero attached hydrogens (tertiary/aromatic N) is 2. The summed E-state index contributed by atoms with van der Waals surface area (Å²) >= 11 is 0. The van der Waals surface area contributed by atoms with Gasteiger partial charge in [0.2, 0.25) is 0 Å². The van der Waals surface area contributed by atoms with Crippen LogP contribution in [0.5, 0.6) is 0 Å². The highest BCUT2D eigenvalue weighted by Crippen LogP contribution is 2.26. The fraction of sp³-hybridized carbons (Fsp3) is 0.273. The number of para-hydroxylation sites is 1. The summed E-state index contributed by atoms with van der Waals surface area (Å²) in [6.45, 7) is 5.60. The minimum Gasteiger partial charge on any atom is -0.351 e. The molecule has 4 heteroatoms. The smallest absolute Gasteiger partial charge is 0.252 e. The topological polar surface area (TPSA) is 45.2 Å². The fourth-order valence-corrected chi connectivity index (χ4v) is 2.90. The predicted molar refractivity (Wildman–Crippen MR) is 108 cm³/mol. The number of likely N-dealkylation sites (N-methyl/N-ethyl adjacent to an activating group) is 1. The van der Waals surface area contributed by atoms with Gasteiger partial charge in [0.1, 0.15) is 0 Å². The third-order valence-electron chi connectivity index (χ3n) is 4.61. The Balaban J connectivity index is 2.03. The number of hydrogen-bond acceptors (Lipinski definition) is 3. The lowest BCUT2D eigenvalue weighted by molar-refractivity contribution is 0.0952. The maximum atomic E-state index is 12.8. The van der Waals surface area contributed by atoms with Gasteiger partial charge in [-0.2, -0.15) is 0 Å². The SMILES string of the molecule is Cc1ccc(-c2cc(C(=O)NCCN(C)C)c3ccccc3n2)cc1C. The molecule has 0 aliphatic heterocycles. The van der Waals surface area contributed by atoms with E-state index in [0.29, 0.717) is 12.1 Å². The van der Waals surface area contributed by atoms with Gasteiger partial charge >= 0.3 is 0 Å². The minimum atomic E-state index is -0.0597. The molecule has 0 aliphatic carbocycles. The van der Waals surface area contributed by atoms with E-state index in [4.69, 9.17) is 4.98 Å². The number of aryl methyl sites for hydroxylation is 2. The van der Waals surface area contributed by atoms with Crippen LogP contribution in [0.4, 0.5) is 0 Å². The number of fused-ring (bicyclic) bond motifs is 1. The lowest BCUT2D eigenvalue weighted by Gasteiger charge is -2.13. The van der Waals surface area contributed by atoms with E-state index in [1.807, 2.05) is 49.3 Å². The van der Waals surface area contributed by atoms with Gasteiger partial charge < -0.3 is 10.2 Å². The normalized spacial score (nSPS) is 11.1. The van der Waals surface area contributed by atoms with E-state index in [1.54, 1.807) is 0 Å². The van der Waals surface area contributed by atoms with Crippen molar-refractivity contribution in [1.29, 1.82) is 0 Å². The zero-order chi connectivity index (χ0) is 18.7. The fourth-order valence-electron chi connectivity index (χ4n) is 2.90. The van der Waals surface area contributed by atoms with E-state index in [0.717, 1.165) is 28.7 Å². The highest BCUT2D eigenvalue weighted by molar-refractivity contribution is 6.07. The molecule has 0 bridgehead atoms. The van der Waals surface area contributed by atoms with Crippen molar-refractivity contribution in [2.24, 2.45) is 0 Å². The average Bonchev–Trinajstić information content (AvgIpc) is 2.62. The Morgan fingerprint density at radius 2 is 1.81 bits per heavy atom. The monoisotopic (exact) mass is 347 g/mol. The molecule has 134 valence electrons. The minimum absolute atomic E-state index is 0.0597. The van der Waals surface area contributed by atoms with Crippen molar-refractivity contribution in [3.8, 4) is 11.3 Å². The van der Waals surface area contributed by atoms with Crippen molar-refractivity contribution >= 4 is 16.8 Å². The van der Waals surface area contributed by atoms with E-state index in [2.05, 4.69) is 37.4 Å². The molecule has 0 fully saturated rings. The van der Waals surface area contributed by atoms with Crippen molar-refractivity contribution in [2.45, 2.75) is 13.8 Å². The first kappa shape index (κ1) is 18.1. The largest absolute Gasteiger partial charge is 0.351 e. The molecule has 3 rings (SSSR count). The number of amides is 1. The Kier molecular flexibility index (Phi) is 5.33. The Morgan fingerprint density at radius 3 is 2.54 bits per heavy atom. The van der Waals surface area contributed by atoms with Gasteiger partial charge in [-0.15, -0.1) is 0 Å². The second-order valence-corrected chi connectivity index (χ2v) is 6.93. The molecule has 2 aromatic carbocycles. The molecule has 3 aromatic rings. The molecule has 26 heavy (non-hydrogen) atoms. The second kappa shape index (κ2) is 7.67. The molecule has 1 amide bonds. The lowest BCUT2D eigenvalue weighted by Crippen LogP contribution is -2.31. The summed E-state index contributed by atoms with van der Waals surface area (Å²) in [5, 5.41) is 3.89. The summed E-state index contributed by atoms with van der Waals surface area (Å²) in [6.07, 6.45) is 0. The van der Waals surface area contributed by atoms with Crippen molar-refractivity contribution in [2.75, 3.05) is 27.2 Å². The first-order chi connectivity index (χ1) is 12.5. The number of rotatable bonds is 5. The quantitative estimate of drug-likeness (QED) is 0.763. The summed E-state index contributed by atoms with van der Waals surface area (Å²) in [5.74, 6) is -0.0597. The van der Waals surface area contributed by atoms with E-state index >= 15 is 0 Å². The summed E-state index contributed by atoms with van der Waals surface area (Å²) in [7, 11) is 3.98. The molecule has 0 unspecified atom stereocenters. The van der Waals surface area contributed by atoms with Crippen LogP contribution in [0.25, 0.3) is 22.2 Å². The van der Waals surface area contributed by atoms with E-state index in [1.165, 1.54) is 11.1 Å². The first-order valence-corrected chi connectivity index (χ1v) is 8.86. The summed E-state index contributed by atoms with van der Waals surface area (Å²) < 4.78 is 0. The molecule has 0 saturated heterocycles. The summed E-state index contributed by atoms with van der Waals surface area (Å²) in [6, 6.07) is 16.0. The molecule has 4 nitrogen and oxygen atoms in total. The van der Waals surface area contributed by atoms with Gasteiger partial charge in [-0.25, -0.2) is 4.98 Å². The van der Waals surface area contributed by atoms with Crippen LogP contribution >= 0.6 is 0 Å². The number of carbonyl (C=O) groups is 1. The van der Waals surface area contributed by atoms with E-state index in [9.17, 15) is 4.79 Å². The molecule has 0 aliphatic rings. The highest BCUT2D eigenvalue weighted by atomic mass is 16.1. The van der Waals surface area contributed by atoms with Crippen molar-refractivity contribution in [3.63, 3.8) is 0 Å². The maximum Gasteiger partial charge on any atom is 0.252 e. The van der Waals surface area contributed by atoms with Crippen LogP contribution < -0.4 is 5.32 Å². The van der Waals surface area contributed by atoms with Crippen LogP contribution in [-0.2, 0) is 0 Å². The zero-order valence-electron chi connectivity index (χ0n) is 15.8. The standard InChI is InChI=1S/C22H25N3O/c1-15-9-10-17(13-16(15)2)21-14-19(22(26)23-11-12-25(3)4)18-7-5-6-8-20(18)24-21/h5-10,13-14H,11-12H2,1-4H3,(H,23,26). The molecular formula is C22H25N3O. The second-order valence-electron chi connectivity index (χ2n) is 6.93. The van der Waals surface area contributed by atoms with Gasteiger partial charge in [-0.05, 0) is 57.3 Å². The molecule has 0 saturated carbocycles. The predicted octanol–water partition coefficient (Wildman–Crippen LogP) is 3.81. The third kappa shape index (κ3) is 3.92. The molecule has 1 aromatic heterocycles. The number of benzene rings is 2. The molecular weight excluding hydrogens is 322 g/mol. The average molecular weight is 347 g/mol. The van der Waals surface area contributed by atoms with Crippen molar-refractivity contribution < 1.29 is 4.79 Å². The van der Waals surface area contributed by atoms with Crippen LogP contribution in [0, 0.1) is 13.8 Å². The van der Waals surface area contributed by atoms with Crippen LogP contribution in [-0.4, -0.2) is 43.0 Å². The molecule has 1 N–H and O–H groups in total. The Morgan fingerprint density at radius 1 is 1.04 bits per heavy atom. The number of hydrogen-bond donors (Lipinski definition) is 1. The van der Waals surface area contributed by atoms with Crippen molar-refractivity contribution in [1.82, 2.24) is 15.2 Å². The van der Waals surface area contributed by atoms with Gasteiger partial charge in [0, 0.05) is 24.0 Å². The van der Waals surface area contributed by atoms with Gasteiger partial charge in [-0.1, -0.05) is 30.3 Å². The van der Waals surface area contributed by atoms with E-state index in [-0.39, 0.29) is 5.91 Å². The number of nitrogens with one attached hydrogen (secondary N) is 1. The van der Waals surface area contributed by atoms with Crippen LogP contribution in [0.2, 0.25) is 0 Å². The zero-order valence-corrected chi connectivity index (χ0v) is 15.8.